The Bertz CT molecular complexity index is 1260. The number of fused-ring (bicyclic) bond motifs is 1. The van der Waals surface area contributed by atoms with E-state index in [-0.39, 0.29) is 17.0 Å². The number of halogens is 1. The largest absolute Gasteiger partial charge is 0.338 e. The maximum atomic E-state index is 13.4. The molecule has 4 rings (SSSR count). The van der Waals surface area contributed by atoms with Gasteiger partial charge in [-0.3, -0.25) is 14.9 Å². The van der Waals surface area contributed by atoms with Crippen LogP contribution in [0.15, 0.2) is 83.8 Å². The first-order chi connectivity index (χ1) is 15.3. The quantitative estimate of drug-likeness (QED) is 0.433. The van der Waals surface area contributed by atoms with E-state index in [1.807, 2.05) is 0 Å². The Labute approximate surface area is 184 Å². The van der Waals surface area contributed by atoms with Gasteiger partial charge in [0.1, 0.15) is 11.9 Å². The van der Waals surface area contributed by atoms with Gasteiger partial charge in [0, 0.05) is 17.0 Å². The molecule has 1 heterocycles. The Morgan fingerprint density at radius 3 is 2.28 bits per heavy atom. The molecule has 0 unspecified atom stereocenters. The van der Waals surface area contributed by atoms with Gasteiger partial charge in [-0.05, 0) is 53.9 Å². The number of nitrogens with zero attached hydrogens (tertiary/aromatic N) is 2. The smallest absolute Gasteiger partial charge is 0.323 e. The molecule has 0 saturated carbocycles. The maximum Gasteiger partial charge on any atom is 0.338 e. The monoisotopic (exact) mass is 454 g/mol. The van der Waals surface area contributed by atoms with E-state index in [0.29, 0.717) is 12.0 Å². The van der Waals surface area contributed by atoms with Crippen molar-refractivity contribution in [3.8, 4) is 0 Å². The van der Waals surface area contributed by atoms with E-state index in [1.54, 1.807) is 30.3 Å². The highest BCUT2D eigenvalue weighted by atomic mass is 32.2. The van der Waals surface area contributed by atoms with Gasteiger partial charge in [-0.2, -0.15) is 0 Å². The molecule has 0 bridgehead atoms. The topological polar surface area (TPSA) is 97.6 Å². The standard InChI is InChI=1S/C23H19FN2O5S/c24-18-12-10-17(11-13-18)22(27)25-15-14-16-6-4-5-9-20(16)21(25)23(26(28)29)32(30,31)19-7-2-1-3-8-19/h1-13,21,23H,14-15H2/t21-,23-/m1/s1. The van der Waals surface area contributed by atoms with Crippen LogP contribution in [0.4, 0.5) is 4.39 Å². The Kier molecular flexibility index (Phi) is 5.75. The van der Waals surface area contributed by atoms with Gasteiger partial charge >= 0.3 is 5.37 Å². The van der Waals surface area contributed by atoms with Gasteiger partial charge in [-0.1, -0.05) is 42.5 Å². The minimum Gasteiger partial charge on any atom is -0.323 e. The van der Waals surface area contributed by atoms with E-state index in [1.165, 1.54) is 41.3 Å². The van der Waals surface area contributed by atoms with Crippen LogP contribution in [0.1, 0.15) is 27.5 Å². The normalized spacial score (nSPS) is 16.8. The molecule has 3 aromatic carbocycles. The second kappa shape index (κ2) is 8.51. The van der Waals surface area contributed by atoms with Crippen molar-refractivity contribution in [3.05, 3.63) is 111 Å². The van der Waals surface area contributed by atoms with E-state index < -0.39 is 37.9 Å². The number of nitro groups is 1. The first-order valence-corrected chi connectivity index (χ1v) is 11.4. The Balaban J connectivity index is 1.87. The Morgan fingerprint density at radius 1 is 1.00 bits per heavy atom. The van der Waals surface area contributed by atoms with Crippen molar-refractivity contribution >= 4 is 15.7 Å². The number of carbonyl (C=O) groups is 1. The summed E-state index contributed by atoms with van der Waals surface area (Å²) in [5.74, 6) is -1.13. The third kappa shape index (κ3) is 3.87. The summed E-state index contributed by atoms with van der Waals surface area (Å²) in [5, 5.41) is 10.1. The first-order valence-electron chi connectivity index (χ1n) is 9.87. The molecule has 0 spiro atoms. The zero-order valence-corrected chi connectivity index (χ0v) is 17.6. The van der Waals surface area contributed by atoms with Gasteiger partial charge in [0.2, 0.25) is 9.84 Å². The Hall–Kier alpha value is -3.59. The van der Waals surface area contributed by atoms with Gasteiger partial charge in [-0.15, -0.1) is 0 Å². The van der Waals surface area contributed by atoms with Crippen LogP contribution >= 0.6 is 0 Å². The van der Waals surface area contributed by atoms with Crippen LogP contribution in [-0.4, -0.2) is 36.1 Å². The average Bonchev–Trinajstić information content (AvgIpc) is 2.79. The van der Waals surface area contributed by atoms with Crippen molar-refractivity contribution in [1.82, 2.24) is 4.90 Å². The molecule has 0 aliphatic carbocycles. The van der Waals surface area contributed by atoms with Crippen LogP contribution in [0.2, 0.25) is 0 Å². The molecule has 32 heavy (non-hydrogen) atoms. The fraction of sp³-hybridized carbons (Fsp3) is 0.174. The first kappa shape index (κ1) is 21.6. The summed E-state index contributed by atoms with van der Waals surface area (Å²) < 4.78 is 40.2. The number of rotatable bonds is 5. The predicted molar refractivity (Wildman–Crippen MR) is 115 cm³/mol. The molecule has 1 amide bonds. The molecule has 0 fully saturated rings. The summed E-state index contributed by atoms with van der Waals surface area (Å²) in [6, 6.07) is 17.4. The molecular weight excluding hydrogens is 435 g/mol. The molecule has 0 radical (unpaired) electrons. The van der Waals surface area contributed by atoms with E-state index >= 15 is 0 Å². The van der Waals surface area contributed by atoms with Crippen LogP contribution in [0.3, 0.4) is 0 Å². The predicted octanol–water partition coefficient (Wildman–Crippen LogP) is 3.64. The number of hydrogen-bond acceptors (Lipinski definition) is 5. The molecule has 1 aliphatic heterocycles. The Morgan fingerprint density at radius 2 is 1.62 bits per heavy atom. The molecule has 1 aliphatic rings. The molecule has 2 atom stereocenters. The SMILES string of the molecule is O=C(c1ccc(F)cc1)N1CCc2ccccc2[C@@H]1[C@H]([N+](=O)[O-])S(=O)(=O)c1ccccc1. The second-order valence-corrected chi connectivity index (χ2v) is 9.48. The lowest BCUT2D eigenvalue weighted by Gasteiger charge is -2.38. The molecule has 0 N–H and O–H groups in total. The van der Waals surface area contributed by atoms with Gasteiger partial charge in [-0.25, -0.2) is 12.8 Å². The summed E-state index contributed by atoms with van der Waals surface area (Å²) in [6.07, 6.45) is 0.412. The van der Waals surface area contributed by atoms with E-state index in [4.69, 9.17) is 0 Å². The van der Waals surface area contributed by atoms with Gasteiger partial charge in [0.25, 0.3) is 5.91 Å². The van der Waals surface area contributed by atoms with E-state index in [2.05, 4.69) is 0 Å². The minimum absolute atomic E-state index is 0.0898. The van der Waals surface area contributed by atoms with Crippen LogP contribution in [0.5, 0.6) is 0 Å². The van der Waals surface area contributed by atoms with Gasteiger partial charge in [0.05, 0.1) is 4.90 Å². The third-order valence-electron chi connectivity index (χ3n) is 5.55. The fourth-order valence-electron chi connectivity index (χ4n) is 4.04. The van der Waals surface area contributed by atoms with Crippen molar-refractivity contribution in [1.29, 1.82) is 0 Å². The number of sulfone groups is 1. The van der Waals surface area contributed by atoms with E-state index in [0.717, 1.165) is 17.7 Å². The van der Waals surface area contributed by atoms with E-state index in [9.17, 15) is 27.7 Å². The molecule has 3 aromatic rings. The maximum absolute atomic E-state index is 13.4. The highest BCUT2D eigenvalue weighted by molar-refractivity contribution is 7.91. The number of amides is 1. The lowest BCUT2D eigenvalue weighted by Crippen LogP contribution is -2.50. The van der Waals surface area contributed by atoms with Crippen molar-refractivity contribution in [2.75, 3.05) is 6.54 Å². The number of hydrogen-bond donors (Lipinski definition) is 0. The number of carbonyl (C=O) groups excluding carboxylic acids is 1. The van der Waals surface area contributed by atoms with Crippen molar-refractivity contribution < 1.29 is 22.5 Å². The summed E-state index contributed by atoms with van der Waals surface area (Å²) >= 11 is 0. The molecule has 7 nitrogen and oxygen atoms in total. The molecule has 0 saturated heterocycles. The van der Waals surface area contributed by atoms with Crippen molar-refractivity contribution in [3.63, 3.8) is 0 Å². The molecule has 164 valence electrons. The average molecular weight is 454 g/mol. The highest BCUT2D eigenvalue weighted by Gasteiger charge is 2.51. The fourth-order valence-corrected chi connectivity index (χ4v) is 5.71. The second-order valence-electron chi connectivity index (χ2n) is 7.43. The van der Waals surface area contributed by atoms with Crippen LogP contribution < -0.4 is 0 Å². The van der Waals surface area contributed by atoms with Crippen LogP contribution in [0.25, 0.3) is 0 Å². The van der Waals surface area contributed by atoms with Crippen LogP contribution in [-0.2, 0) is 16.3 Å². The van der Waals surface area contributed by atoms with Gasteiger partial charge in [0.15, 0.2) is 0 Å². The molecule has 0 aromatic heterocycles. The lowest BCUT2D eigenvalue weighted by molar-refractivity contribution is -0.505. The zero-order chi connectivity index (χ0) is 22.9. The summed E-state index contributed by atoms with van der Waals surface area (Å²) in [7, 11) is -4.45. The summed E-state index contributed by atoms with van der Waals surface area (Å²) in [6.45, 7) is 0.0898. The molecule has 9 heteroatoms. The van der Waals surface area contributed by atoms with Crippen LogP contribution in [0, 0.1) is 15.9 Å². The summed E-state index contributed by atoms with van der Waals surface area (Å²) in [4.78, 5) is 25.7. The minimum atomic E-state index is -4.45. The highest BCUT2D eigenvalue weighted by Crippen LogP contribution is 2.38. The zero-order valence-electron chi connectivity index (χ0n) is 16.8. The van der Waals surface area contributed by atoms with Crippen molar-refractivity contribution in [2.45, 2.75) is 22.7 Å². The third-order valence-corrected chi connectivity index (χ3v) is 7.55. The van der Waals surface area contributed by atoms with Gasteiger partial charge < -0.3 is 4.90 Å². The van der Waals surface area contributed by atoms with Crippen molar-refractivity contribution in [2.24, 2.45) is 0 Å². The summed E-state index contributed by atoms with van der Waals surface area (Å²) in [5.41, 5.74) is 1.28. The number of benzene rings is 3. The molecular formula is C23H19FN2O5S. The lowest BCUT2D eigenvalue weighted by atomic mass is 9.91.